The molecule has 0 aliphatic heterocycles. The van der Waals surface area contributed by atoms with E-state index in [9.17, 15) is 4.39 Å². The van der Waals surface area contributed by atoms with Crippen molar-refractivity contribution >= 4 is 15.9 Å². The first-order chi connectivity index (χ1) is 8.63. The number of rotatable bonds is 3. The Morgan fingerprint density at radius 3 is 2.50 bits per heavy atom. The molecule has 4 heteroatoms. The van der Waals surface area contributed by atoms with Gasteiger partial charge in [-0.1, -0.05) is 30.3 Å². The van der Waals surface area contributed by atoms with Crippen molar-refractivity contribution in [2.75, 3.05) is 7.11 Å². The fourth-order valence-corrected chi connectivity index (χ4v) is 2.16. The van der Waals surface area contributed by atoms with E-state index in [1.807, 2.05) is 30.3 Å². The lowest BCUT2D eigenvalue weighted by molar-refractivity contribution is 0.404. The van der Waals surface area contributed by atoms with E-state index in [0.717, 1.165) is 11.1 Å². The minimum atomic E-state index is -0.365. The molecule has 2 aromatic rings. The monoisotopic (exact) mass is 309 g/mol. The first kappa shape index (κ1) is 13.1. The van der Waals surface area contributed by atoms with Crippen LogP contribution in [0.1, 0.15) is 17.2 Å². The van der Waals surface area contributed by atoms with E-state index >= 15 is 0 Å². The molecule has 0 aliphatic rings. The maximum atomic E-state index is 13.4. The quantitative estimate of drug-likeness (QED) is 0.939. The fourth-order valence-electron chi connectivity index (χ4n) is 1.80. The summed E-state index contributed by atoms with van der Waals surface area (Å²) in [5, 5.41) is 0. The van der Waals surface area contributed by atoms with E-state index in [0.29, 0.717) is 10.2 Å². The Balaban J connectivity index is 2.47. The topological polar surface area (TPSA) is 35.2 Å². The van der Waals surface area contributed by atoms with Crippen molar-refractivity contribution in [2.24, 2.45) is 5.73 Å². The Morgan fingerprint density at radius 1 is 1.22 bits per heavy atom. The lowest BCUT2D eigenvalue weighted by Crippen LogP contribution is -2.13. The van der Waals surface area contributed by atoms with Crippen LogP contribution in [0.3, 0.4) is 0 Å². The lowest BCUT2D eigenvalue weighted by atomic mass is 9.99. The highest BCUT2D eigenvalue weighted by Gasteiger charge is 2.16. The minimum Gasteiger partial charge on any atom is -0.496 e. The zero-order valence-electron chi connectivity index (χ0n) is 9.86. The van der Waals surface area contributed by atoms with Crippen molar-refractivity contribution in [3.05, 3.63) is 63.9 Å². The summed E-state index contributed by atoms with van der Waals surface area (Å²) in [6, 6.07) is 12.3. The zero-order valence-corrected chi connectivity index (χ0v) is 11.4. The third-order valence-electron chi connectivity index (χ3n) is 2.77. The van der Waals surface area contributed by atoms with Crippen LogP contribution in [0.15, 0.2) is 46.9 Å². The molecule has 0 radical (unpaired) electrons. The van der Waals surface area contributed by atoms with Gasteiger partial charge in [0.05, 0.1) is 17.6 Å². The van der Waals surface area contributed by atoms with Crippen LogP contribution in [0, 0.1) is 5.82 Å². The summed E-state index contributed by atoms with van der Waals surface area (Å²) in [4.78, 5) is 0. The molecule has 0 amide bonds. The van der Waals surface area contributed by atoms with Gasteiger partial charge in [0.15, 0.2) is 0 Å². The van der Waals surface area contributed by atoms with Gasteiger partial charge in [0.2, 0.25) is 0 Å². The number of methoxy groups -OCH3 is 1. The second-order valence-electron chi connectivity index (χ2n) is 3.90. The largest absolute Gasteiger partial charge is 0.496 e. The van der Waals surface area contributed by atoms with E-state index in [4.69, 9.17) is 10.5 Å². The van der Waals surface area contributed by atoms with Crippen LogP contribution in [-0.2, 0) is 0 Å². The summed E-state index contributed by atoms with van der Waals surface area (Å²) >= 11 is 3.16. The van der Waals surface area contributed by atoms with Crippen LogP contribution in [-0.4, -0.2) is 7.11 Å². The van der Waals surface area contributed by atoms with Gasteiger partial charge in [-0.25, -0.2) is 4.39 Å². The van der Waals surface area contributed by atoms with E-state index in [-0.39, 0.29) is 11.9 Å². The molecule has 0 aromatic heterocycles. The Morgan fingerprint density at radius 2 is 1.89 bits per heavy atom. The van der Waals surface area contributed by atoms with Gasteiger partial charge in [-0.15, -0.1) is 0 Å². The summed E-state index contributed by atoms with van der Waals surface area (Å²) in [5.41, 5.74) is 7.89. The van der Waals surface area contributed by atoms with Gasteiger partial charge in [-0.2, -0.15) is 0 Å². The maximum Gasteiger partial charge on any atom is 0.141 e. The predicted octanol–water partition coefficient (Wildman–Crippen LogP) is 3.64. The number of benzene rings is 2. The molecule has 0 fully saturated rings. The molecule has 0 saturated carbocycles. The molecule has 2 rings (SSSR count). The highest BCUT2D eigenvalue weighted by molar-refractivity contribution is 9.10. The number of halogens is 2. The molecule has 0 bridgehead atoms. The summed E-state index contributed by atoms with van der Waals surface area (Å²) in [6.45, 7) is 0. The average molecular weight is 310 g/mol. The van der Waals surface area contributed by atoms with Crippen molar-refractivity contribution in [3.63, 3.8) is 0 Å². The number of hydrogen-bond acceptors (Lipinski definition) is 2. The standard InChI is InChI=1S/C14H13BrFNO/c1-18-13-8-12(16)11(15)7-10(13)14(17)9-5-3-2-4-6-9/h2-8,14H,17H2,1H3. The molecule has 2 aromatic carbocycles. The van der Waals surface area contributed by atoms with Crippen molar-refractivity contribution in [1.29, 1.82) is 0 Å². The Bertz CT molecular complexity index is 545. The maximum absolute atomic E-state index is 13.4. The van der Waals surface area contributed by atoms with Gasteiger partial charge in [0.1, 0.15) is 11.6 Å². The molecule has 94 valence electrons. The van der Waals surface area contributed by atoms with Crippen molar-refractivity contribution in [2.45, 2.75) is 6.04 Å². The van der Waals surface area contributed by atoms with Gasteiger partial charge in [-0.3, -0.25) is 0 Å². The van der Waals surface area contributed by atoms with Crippen molar-refractivity contribution < 1.29 is 9.13 Å². The highest BCUT2D eigenvalue weighted by Crippen LogP contribution is 2.32. The van der Waals surface area contributed by atoms with Crippen molar-refractivity contribution in [3.8, 4) is 5.75 Å². The molecule has 2 N–H and O–H groups in total. The van der Waals surface area contributed by atoms with Crippen LogP contribution in [0.25, 0.3) is 0 Å². The van der Waals surface area contributed by atoms with E-state index in [2.05, 4.69) is 15.9 Å². The van der Waals surface area contributed by atoms with Crippen LogP contribution in [0.4, 0.5) is 4.39 Å². The molecule has 0 aliphatic carbocycles. The molecular weight excluding hydrogens is 297 g/mol. The third kappa shape index (κ3) is 2.54. The second-order valence-corrected chi connectivity index (χ2v) is 4.75. The second kappa shape index (κ2) is 5.50. The predicted molar refractivity (Wildman–Crippen MR) is 73.1 cm³/mol. The normalized spacial score (nSPS) is 12.2. The number of hydrogen-bond donors (Lipinski definition) is 1. The summed E-state index contributed by atoms with van der Waals surface area (Å²) in [6.07, 6.45) is 0. The van der Waals surface area contributed by atoms with Crippen LogP contribution < -0.4 is 10.5 Å². The van der Waals surface area contributed by atoms with Gasteiger partial charge < -0.3 is 10.5 Å². The smallest absolute Gasteiger partial charge is 0.141 e. The molecule has 1 atom stereocenters. The third-order valence-corrected chi connectivity index (χ3v) is 3.37. The molecule has 1 unspecified atom stereocenters. The fraction of sp³-hybridized carbons (Fsp3) is 0.143. The molecule has 0 heterocycles. The van der Waals surface area contributed by atoms with E-state index in [1.54, 1.807) is 6.07 Å². The van der Waals surface area contributed by atoms with Crippen molar-refractivity contribution in [1.82, 2.24) is 0 Å². The molecule has 18 heavy (non-hydrogen) atoms. The first-order valence-corrected chi connectivity index (χ1v) is 6.26. The van der Waals surface area contributed by atoms with Crippen LogP contribution >= 0.6 is 15.9 Å². The van der Waals surface area contributed by atoms with Gasteiger partial charge >= 0.3 is 0 Å². The Labute approximate surface area is 114 Å². The Kier molecular flexibility index (Phi) is 3.99. The first-order valence-electron chi connectivity index (χ1n) is 5.47. The van der Waals surface area contributed by atoms with Crippen LogP contribution in [0.2, 0.25) is 0 Å². The van der Waals surface area contributed by atoms with E-state index < -0.39 is 0 Å². The Hall–Kier alpha value is -1.39. The average Bonchev–Trinajstić information content (AvgIpc) is 2.41. The summed E-state index contributed by atoms with van der Waals surface area (Å²) < 4.78 is 19.0. The highest BCUT2D eigenvalue weighted by atomic mass is 79.9. The number of nitrogens with two attached hydrogens (primary N) is 1. The number of ether oxygens (including phenoxy) is 1. The van der Waals surface area contributed by atoms with Gasteiger partial charge in [-0.05, 0) is 27.6 Å². The SMILES string of the molecule is COc1cc(F)c(Br)cc1C(N)c1ccccc1. The summed E-state index contributed by atoms with van der Waals surface area (Å²) in [5.74, 6) is 0.0860. The van der Waals surface area contributed by atoms with Gasteiger partial charge in [0.25, 0.3) is 0 Å². The molecular formula is C14H13BrFNO. The van der Waals surface area contributed by atoms with Crippen LogP contribution in [0.5, 0.6) is 5.75 Å². The zero-order chi connectivity index (χ0) is 13.1. The van der Waals surface area contributed by atoms with E-state index in [1.165, 1.54) is 13.2 Å². The lowest BCUT2D eigenvalue weighted by Gasteiger charge is -2.16. The molecule has 2 nitrogen and oxygen atoms in total. The van der Waals surface area contributed by atoms with Gasteiger partial charge in [0, 0.05) is 11.6 Å². The summed E-state index contributed by atoms with van der Waals surface area (Å²) in [7, 11) is 1.50. The molecule has 0 spiro atoms. The minimum absolute atomic E-state index is 0.349. The molecule has 0 saturated heterocycles.